The van der Waals surface area contributed by atoms with E-state index >= 15 is 0 Å². The fraction of sp³-hybridized carbons (Fsp3) is 0.350. The van der Waals surface area contributed by atoms with Crippen LogP contribution >= 0.6 is 0 Å². The number of rotatable bonds is 8. The van der Waals surface area contributed by atoms with E-state index in [9.17, 15) is 4.79 Å². The summed E-state index contributed by atoms with van der Waals surface area (Å²) in [6.45, 7) is 2.12. The summed E-state index contributed by atoms with van der Waals surface area (Å²) in [7, 11) is 4.71. The van der Waals surface area contributed by atoms with Gasteiger partial charge in [0.05, 0.1) is 21.3 Å². The molecule has 0 bridgehead atoms. The van der Waals surface area contributed by atoms with E-state index < -0.39 is 5.54 Å². The van der Waals surface area contributed by atoms with Gasteiger partial charge in [0.25, 0.3) is 0 Å². The molecule has 1 atom stereocenters. The molecular formula is C20H26N2O4. The van der Waals surface area contributed by atoms with E-state index in [0.29, 0.717) is 30.2 Å². The van der Waals surface area contributed by atoms with Crippen molar-refractivity contribution in [1.82, 2.24) is 5.32 Å². The Labute approximate surface area is 154 Å². The van der Waals surface area contributed by atoms with E-state index in [4.69, 9.17) is 19.9 Å². The van der Waals surface area contributed by atoms with Crippen LogP contribution < -0.4 is 25.3 Å². The lowest BCUT2D eigenvalue weighted by atomic mass is 9.92. The molecule has 0 saturated carbocycles. The smallest absolute Gasteiger partial charge is 0.244 e. The topological polar surface area (TPSA) is 82.8 Å². The van der Waals surface area contributed by atoms with Gasteiger partial charge in [-0.3, -0.25) is 4.79 Å². The molecule has 3 N–H and O–H groups in total. The van der Waals surface area contributed by atoms with Crippen molar-refractivity contribution in [2.75, 3.05) is 27.9 Å². The molecule has 6 nitrogen and oxygen atoms in total. The SMILES string of the molecule is COc1ccc(CCNC(=O)C(C)(N)c2ccccc2)c(OC)c1OC. The monoisotopic (exact) mass is 358 g/mol. The van der Waals surface area contributed by atoms with Gasteiger partial charge >= 0.3 is 0 Å². The van der Waals surface area contributed by atoms with Crippen LogP contribution in [-0.4, -0.2) is 33.8 Å². The molecule has 0 aliphatic heterocycles. The van der Waals surface area contributed by atoms with Gasteiger partial charge in [-0.15, -0.1) is 0 Å². The minimum atomic E-state index is -1.09. The highest BCUT2D eigenvalue weighted by molar-refractivity contribution is 5.87. The summed E-state index contributed by atoms with van der Waals surface area (Å²) in [5.41, 5.74) is 6.80. The van der Waals surface area contributed by atoms with Crippen LogP contribution in [0.4, 0.5) is 0 Å². The summed E-state index contributed by atoms with van der Waals surface area (Å²) in [4.78, 5) is 12.5. The highest BCUT2D eigenvalue weighted by Gasteiger charge is 2.30. The molecule has 0 aromatic heterocycles. The third-order valence-corrected chi connectivity index (χ3v) is 4.31. The van der Waals surface area contributed by atoms with Gasteiger partial charge in [-0.2, -0.15) is 0 Å². The average Bonchev–Trinajstić information content (AvgIpc) is 2.67. The summed E-state index contributed by atoms with van der Waals surface area (Å²) in [6, 6.07) is 13.0. The first kappa shape index (κ1) is 19.6. The van der Waals surface area contributed by atoms with Crippen LogP contribution in [0.1, 0.15) is 18.1 Å². The van der Waals surface area contributed by atoms with Gasteiger partial charge in [0.1, 0.15) is 5.54 Å². The van der Waals surface area contributed by atoms with Crippen LogP contribution in [0.2, 0.25) is 0 Å². The largest absolute Gasteiger partial charge is 0.493 e. The number of benzene rings is 2. The molecule has 0 saturated heterocycles. The lowest BCUT2D eigenvalue weighted by Crippen LogP contribution is -2.49. The van der Waals surface area contributed by atoms with Crippen LogP contribution in [0, 0.1) is 0 Å². The predicted octanol–water partition coefficient (Wildman–Crippen LogP) is 2.25. The number of hydrogen-bond donors (Lipinski definition) is 2. The normalized spacial score (nSPS) is 12.8. The molecule has 0 heterocycles. The molecule has 1 amide bonds. The van der Waals surface area contributed by atoms with E-state index in [-0.39, 0.29) is 5.91 Å². The summed E-state index contributed by atoms with van der Waals surface area (Å²) in [6.07, 6.45) is 0.570. The Bertz CT molecular complexity index is 745. The van der Waals surface area contributed by atoms with E-state index in [1.54, 1.807) is 28.3 Å². The summed E-state index contributed by atoms with van der Waals surface area (Å²) >= 11 is 0. The molecular weight excluding hydrogens is 332 g/mol. The van der Waals surface area contributed by atoms with Crippen LogP contribution in [0.15, 0.2) is 42.5 Å². The maximum Gasteiger partial charge on any atom is 0.244 e. The van der Waals surface area contributed by atoms with Crippen molar-refractivity contribution in [2.24, 2.45) is 5.73 Å². The minimum Gasteiger partial charge on any atom is -0.493 e. The quantitative estimate of drug-likeness (QED) is 0.756. The number of hydrogen-bond acceptors (Lipinski definition) is 5. The van der Waals surface area contributed by atoms with Gasteiger partial charge in [0.15, 0.2) is 11.5 Å². The number of nitrogens with one attached hydrogen (secondary N) is 1. The van der Waals surface area contributed by atoms with Crippen molar-refractivity contribution < 1.29 is 19.0 Å². The van der Waals surface area contributed by atoms with Gasteiger partial charge in [0.2, 0.25) is 11.7 Å². The third-order valence-electron chi connectivity index (χ3n) is 4.31. The van der Waals surface area contributed by atoms with Crippen LogP contribution in [0.5, 0.6) is 17.2 Å². The Kier molecular flexibility index (Phi) is 6.46. The van der Waals surface area contributed by atoms with Crippen molar-refractivity contribution in [3.8, 4) is 17.2 Å². The second-order valence-corrected chi connectivity index (χ2v) is 6.07. The van der Waals surface area contributed by atoms with Crippen molar-refractivity contribution in [3.05, 3.63) is 53.6 Å². The Morgan fingerprint density at radius 2 is 1.65 bits per heavy atom. The van der Waals surface area contributed by atoms with Gasteiger partial charge in [-0.1, -0.05) is 36.4 Å². The maximum absolute atomic E-state index is 12.5. The lowest BCUT2D eigenvalue weighted by molar-refractivity contribution is -0.126. The molecule has 0 aliphatic rings. The molecule has 2 aromatic rings. The fourth-order valence-electron chi connectivity index (χ4n) is 2.77. The number of amides is 1. The average molecular weight is 358 g/mol. The van der Waals surface area contributed by atoms with Crippen molar-refractivity contribution in [2.45, 2.75) is 18.9 Å². The van der Waals surface area contributed by atoms with Crippen molar-refractivity contribution in [1.29, 1.82) is 0 Å². The lowest BCUT2D eigenvalue weighted by Gasteiger charge is -2.24. The molecule has 0 fully saturated rings. The Morgan fingerprint density at radius 1 is 1.00 bits per heavy atom. The molecule has 2 rings (SSSR count). The second-order valence-electron chi connectivity index (χ2n) is 6.07. The molecule has 2 aromatic carbocycles. The van der Waals surface area contributed by atoms with Crippen LogP contribution in [0.25, 0.3) is 0 Å². The molecule has 26 heavy (non-hydrogen) atoms. The zero-order valence-electron chi connectivity index (χ0n) is 15.7. The Morgan fingerprint density at radius 3 is 2.23 bits per heavy atom. The summed E-state index contributed by atoms with van der Waals surface area (Å²) < 4.78 is 16.1. The Balaban J connectivity index is 2.07. The van der Waals surface area contributed by atoms with Gasteiger partial charge < -0.3 is 25.3 Å². The molecule has 140 valence electrons. The Hall–Kier alpha value is -2.73. The highest BCUT2D eigenvalue weighted by atomic mass is 16.5. The van der Waals surface area contributed by atoms with Gasteiger partial charge in [-0.25, -0.2) is 0 Å². The zero-order valence-corrected chi connectivity index (χ0v) is 15.7. The first-order valence-corrected chi connectivity index (χ1v) is 8.36. The maximum atomic E-state index is 12.5. The molecule has 0 aliphatic carbocycles. The molecule has 6 heteroatoms. The van der Waals surface area contributed by atoms with Gasteiger partial charge in [0, 0.05) is 12.1 Å². The van der Waals surface area contributed by atoms with E-state index in [0.717, 1.165) is 11.1 Å². The first-order chi connectivity index (χ1) is 12.5. The van der Waals surface area contributed by atoms with Crippen molar-refractivity contribution >= 4 is 5.91 Å². The second kappa shape index (κ2) is 8.58. The van der Waals surface area contributed by atoms with Gasteiger partial charge in [-0.05, 0) is 25.0 Å². The third kappa shape index (κ3) is 4.08. The number of ether oxygens (including phenoxy) is 3. The summed E-state index contributed by atoms with van der Waals surface area (Å²) in [5.74, 6) is 1.49. The van der Waals surface area contributed by atoms with Crippen molar-refractivity contribution in [3.63, 3.8) is 0 Å². The van der Waals surface area contributed by atoms with Crippen LogP contribution in [0.3, 0.4) is 0 Å². The highest BCUT2D eigenvalue weighted by Crippen LogP contribution is 2.39. The fourth-order valence-corrected chi connectivity index (χ4v) is 2.77. The number of carbonyl (C=O) groups excluding carboxylic acids is 1. The molecule has 1 unspecified atom stereocenters. The van der Waals surface area contributed by atoms with E-state index in [1.807, 2.05) is 42.5 Å². The molecule has 0 spiro atoms. The summed E-state index contributed by atoms with van der Waals surface area (Å²) in [5, 5.41) is 2.90. The molecule has 0 radical (unpaired) electrons. The number of carbonyl (C=O) groups is 1. The number of methoxy groups -OCH3 is 3. The first-order valence-electron chi connectivity index (χ1n) is 8.36. The number of nitrogens with two attached hydrogens (primary N) is 1. The standard InChI is InChI=1S/C20H26N2O4/c1-20(21,15-8-6-5-7-9-15)19(23)22-13-12-14-10-11-16(24-2)18(26-4)17(14)25-3/h5-11H,12-13,21H2,1-4H3,(H,22,23). The zero-order chi connectivity index (χ0) is 19.2. The minimum absolute atomic E-state index is 0.233. The van der Waals surface area contributed by atoms with E-state index in [1.165, 1.54) is 0 Å². The predicted molar refractivity (Wildman–Crippen MR) is 101 cm³/mol. The van der Waals surface area contributed by atoms with Crippen LogP contribution in [-0.2, 0) is 16.8 Å². The van der Waals surface area contributed by atoms with E-state index in [2.05, 4.69) is 5.32 Å².